The van der Waals surface area contributed by atoms with Gasteiger partial charge in [0.2, 0.25) is 0 Å². The Morgan fingerprint density at radius 2 is 1.69 bits per heavy atom. The molecule has 3 saturated heterocycles. The molecule has 1 aromatic carbocycles. The minimum atomic E-state index is -0.487. The van der Waals surface area contributed by atoms with Crippen LogP contribution in [0.25, 0.3) is 16.7 Å². The molecule has 3 aromatic rings. The number of anilines is 1. The Hall–Kier alpha value is -3.40. The lowest BCUT2D eigenvalue weighted by Gasteiger charge is -2.34. The molecule has 0 spiro atoms. The summed E-state index contributed by atoms with van der Waals surface area (Å²) in [6.07, 6.45) is 6.15. The third kappa shape index (κ3) is 5.26. The lowest BCUT2D eigenvalue weighted by molar-refractivity contribution is 0.0204. The van der Waals surface area contributed by atoms with Crippen LogP contribution < -0.4 is 9.64 Å². The summed E-state index contributed by atoms with van der Waals surface area (Å²) in [6, 6.07) is 6.77. The number of aryl methyl sites for hydroxylation is 1. The molecule has 208 valence electrons. The smallest absolute Gasteiger partial charge is 0.410 e. The molecule has 0 saturated carbocycles. The third-order valence-electron chi connectivity index (χ3n) is 7.99. The Morgan fingerprint density at radius 3 is 2.36 bits per heavy atom. The van der Waals surface area contributed by atoms with Crippen LogP contribution in [0.15, 0.2) is 24.4 Å². The topological polar surface area (TPSA) is 94.8 Å². The van der Waals surface area contributed by atoms with Gasteiger partial charge in [0.1, 0.15) is 11.4 Å². The number of fused-ring (bicyclic) bond motifs is 3. The van der Waals surface area contributed by atoms with E-state index in [1.807, 2.05) is 42.6 Å². The van der Waals surface area contributed by atoms with Gasteiger partial charge in [0.15, 0.2) is 5.82 Å². The second-order valence-electron chi connectivity index (χ2n) is 12.0. The molecule has 0 N–H and O–H groups in total. The maximum atomic E-state index is 12.6. The monoisotopic (exact) mass is 534 g/mol. The number of morpholine rings is 1. The number of ether oxygens (including phenoxy) is 3. The number of hydrogen-bond donors (Lipinski definition) is 0. The number of piperidine rings is 1. The van der Waals surface area contributed by atoms with Crippen molar-refractivity contribution in [2.45, 2.75) is 77.1 Å². The average molecular weight is 535 g/mol. The van der Waals surface area contributed by atoms with E-state index in [0.29, 0.717) is 30.8 Å². The second-order valence-corrected chi connectivity index (χ2v) is 12.0. The van der Waals surface area contributed by atoms with Crippen molar-refractivity contribution < 1.29 is 19.0 Å². The first-order valence-corrected chi connectivity index (χ1v) is 14.0. The molecule has 10 nitrogen and oxygen atoms in total. The van der Waals surface area contributed by atoms with Gasteiger partial charge in [-0.05, 0) is 82.6 Å². The van der Waals surface area contributed by atoms with Crippen LogP contribution in [0.3, 0.4) is 0 Å². The molecule has 2 bridgehead atoms. The molecule has 0 radical (unpaired) electrons. The highest BCUT2D eigenvalue weighted by Crippen LogP contribution is 2.35. The summed E-state index contributed by atoms with van der Waals surface area (Å²) in [5.74, 6) is 1.87. The Labute approximate surface area is 229 Å². The largest absolute Gasteiger partial charge is 0.467 e. The van der Waals surface area contributed by atoms with Crippen molar-refractivity contribution in [3.63, 3.8) is 0 Å². The molecule has 3 fully saturated rings. The van der Waals surface area contributed by atoms with Crippen LogP contribution >= 0.6 is 0 Å². The highest BCUT2D eigenvalue weighted by atomic mass is 16.6. The fourth-order valence-electron chi connectivity index (χ4n) is 6.09. The highest BCUT2D eigenvalue weighted by Gasteiger charge is 2.35. The Kier molecular flexibility index (Phi) is 6.61. The molecule has 10 heteroatoms. The van der Waals surface area contributed by atoms with Gasteiger partial charge in [-0.25, -0.2) is 9.48 Å². The lowest BCUT2D eigenvalue weighted by Crippen LogP contribution is -2.43. The van der Waals surface area contributed by atoms with Crippen molar-refractivity contribution in [2.24, 2.45) is 0 Å². The van der Waals surface area contributed by atoms with Crippen LogP contribution in [0.1, 0.15) is 63.5 Å². The zero-order chi connectivity index (χ0) is 27.3. The van der Waals surface area contributed by atoms with Gasteiger partial charge in [0, 0.05) is 37.6 Å². The molecule has 2 aromatic heterocycles. The minimum Gasteiger partial charge on any atom is -0.467 e. The molecule has 6 rings (SSSR count). The van der Waals surface area contributed by atoms with E-state index in [-0.39, 0.29) is 18.3 Å². The summed E-state index contributed by atoms with van der Waals surface area (Å²) in [5, 5.41) is 5.79. The van der Waals surface area contributed by atoms with Gasteiger partial charge >= 0.3 is 12.1 Å². The maximum absolute atomic E-state index is 12.6. The summed E-state index contributed by atoms with van der Waals surface area (Å²) in [5.41, 5.74) is 3.04. The van der Waals surface area contributed by atoms with Crippen LogP contribution in [0.4, 0.5) is 10.6 Å². The van der Waals surface area contributed by atoms with E-state index in [2.05, 4.69) is 33.9 Å². The predicted octanol–water partition coefficient (Wildman–Crippen LogP) is 4.61. The Bertz CT molecular complexity index is 1360. The molecule has 3 aliphatic rings. The zero-order valence-electron chi connectivity index (χ0n) is 23.5. The molecule has 2 unspecified atom stereocenters. The number of carbonyl (C=O) groups excluding carboxylic acids is 1. The maximum Gasteiger partial charge on any atom is 0.410 e. The minimum absolute atomic E-state index is 0.229. The van der Waals surface area contributed by atoms with Crippen LogP contribution in [0.5, 0.6) is 6.01 Å². The molecule has 1 amide bonds. The van der Waals surface area contributed by atoms with Crippen molar-refractivity contribution in [3.05, 3.63) is 35.5 Å². The molecular formula is C29H38N6O4. The molecule has 5 heterocycles. The van der Waals surface area contributed by atoms with Gasteiger partial charge in [-0.1, -0.05) is 0 Å². The number of aromatic nitrogens is 4. The number of benzene rings is 1. The van der Waals surface area contributed by atoms with Gasteiger partial charge in [-0.2, -0.15) is 15.1 Å². The van der Waals surface area contributed by atoms with Gasteiger partial charge < -0.3 is 24.0 Å². The van der Waals surface area contributed by atoms with Crippen molar-refractivity contribution in [2.75, 3.05) is 38.2 Å². The summed E-state index contributed by atoms with van der Waals surface area (Å²) in [6.45, 7) is 10.9. The lowest BCUT2D eigenvalue weighted by atomic mass is 9.86. The normalized spacial score (nSPS) is 22.0. The van der Waals surface area contributed by atoms with Crippen molar-refractivity contribution in [1.29, 1.82) is 0 Å². The summed E-state index contributed by atoms with van der Waals surface area (Å²) in [7, 11) is 1.60. The van der Waals surface area contributed by atoms with E-state index in [4.69, 9.17) is 19.3 Å². The molecule has 3 aliphatic heterocycles. The number of nitrogens with zero attached hydrogens (tertiary/aromatic N) is 6. The van der Waals surface area contributed by atoms with Crippen LogP contribution in [-0.2, 0) is 9.47 Å². The molecule has 2 atom stereocenters. The van der Waals surface area contributed by atoms with E-state index in [9.17, 15) is 4.79 Å². The number of likely N-dealkylation sites (tertiary alicyclic amines) is 1. The Morgan fingerprint density at radius 1 is 1.00 bits per heavy atom. The average Bonchev–Trinajstić information content (AvgIpc) is 3.48. The van der Waals surface area contributed by atoms with Crippen molar-refractivity contribution >= 4 is 22.8 Å². The van der Waals surface area contributed by atoms with Gasteiger partial charge in [-0.3, -0.25) is 0 Å². The zero-order valence-corrected chi connectivity index (χ0v) is 23.5. The van der Waals surface area contributed by atoms with Crippen molar-refractivity contribution in [3.8, 4) is 11.8 Å². The number of carbonyl (C=O) groups is 1. The number of methoxy groups -OCH3 is 1. The summed E-state index contributed by atoms with van der Waals surface area (Å²) in [4.78, 5) is 26.0. The third-order valence-corrected chi connectivity index (χ3v) is 7.99. The fourth-order valence-corrected chi connectivity index (χ4v) is 6.09. The van der Waals surface area contributed by atoms with Gasteiger partial charge in [0.05, 0.1) is 31.0 Å². The molecule has 39 heavy (non-hydrogen) atoms. The SMILES string of the molecule is COc1nc(N2CC3CCC(C2)O3)cc(-n2ncc3cc(C)c(C4CCN(C(=O)OC(C)(C)C)CC4)cc32)n1. The predicted molar refractivity (Wildman–Crippen MR) is 148 cm³/mol. The van der Waals surface area contributed by atoms with E-state index in [0.717, 1.165) is 55.5 Å². The van der Waals surface area contributed by atoms with E-state index in [1.165, 1.54) is 11.1 Å². The second kappa shape index (κ2) is 9.97. The number of amides is 1. The summed E-state index contributed by atoms with van der Waals surface area (Å²) >= 11 is 0. The first-order chi connectivity index (χ1) is 18.7. The van der Waals surface area contributed by atoms with Crippen LogP contribution in [-0.4, -0.2) is 81.8 Å². The first-order valence-electron chi connectivity index (χ1n) is 14.0. The summed E-state index contributed by atoms with van der Waals surface area (Å²) < 4.78 is 19.0. The van der Waals surface area contributed by atoms with Gasteiger partial charge in [-0.15, -0.1) is 0 Å². The van der Waals surface area contributed by atoms with E-state index >= 15 is 0 Å². The standard InChI is InChI=1S/C29H38N6O4/c1-18-12-20-15-30-35(24(20)13-23(18)19-8-10-33(11-9-19)28(36)39-29(2,3)4)26-14-25(31-27(32-26)37-5)34-16-21-6-7-22(17-34)38-21/h12-15,19,21-22H,6-11,16-17H2,1-5H3. The highest BCUT2D eigenvalue weighted by molar-refractivity contribution is 5.82. The molecule has 0 aliphatic carbocycles. The van der Waals surface area contributed by atoms with Crippen molar-refractivity contribution in [1.82, 2.24) is 24.6 Å². The van der Waals surface area contributed by atoms with E-state index in [1.54, 1.807) is 7.11 Å². The van der Waals surface area contributed by atoms with Gasteiger partial charge in [0.25, 0.3) is 0 Å². The number of hydrogen-bond acceptors (Lipinski definition) is 8. The van der Waals surface area contributed by atoms with E-state index < -0.39 is 5.60 Å². The van der Waals surface area contributed by atoms with Crippen LogP contribution in [0.2, 0.25) is 0 Å². The fraction of sp³-hybridized carbons (Fsp3) is 0.586. The number of rotatable bonds is 4. The Balaban J connectivity index is 1.27. The quantitative estimate of drug-likeness (QED) is 0.479. The first kappa shape index (κ1) is 25.9. The molecular weight excluding hydrogens is 496 g/mol. The van der Waals surface area contributed by atoms with Crippen LogP contribution in [0, 0.1) is 6.92 Å².